The fourth-order valence-electron chi connectivity index (χ4n) is 1.27. The van der Waals surface area contributed by atoms with Crippen molar-refractivity contribution >= 4 is 5.82 Å². The normalized spacial score (nSPS) is 9.93. The molecule has 2 heterocycles. The molecule has 0 unspecified atom stereocenters. The number of nitrogens with one attached hydrogen (secondary N) is 1. The minimum Gasteiger partial charge on any atom is -0.364 e. The van der Waals surface area contributed by atoms with Crippen LogP contribution in [0, 0.1) is 6.92 Å². The van der Waals surface area contributed by atoms with E-state index in [-0.39, 0.29) is 0 Å². The van der Waals surface area contributed by atoms with E-state index in [4.69, 9.17) is 0 Å². The Kier molecular flexibility index (Phi) is 2.88. The standard InChI is InChI=1S/C11H12N4/c1-9-11(14-7-6-13-9)15-8-10-2-4-12-5-3-10/h2-7H,8H2,1H3,(H,14,15). The summed E-state index contributed by atoms with van der Waals surface area (Å²) in [7, 11) is 0. The molecular formula is C11H12N4. The van der Waals surface area contributed by atoms with E-state index in [0.29, 0.717) is 0 Å². The Labute approximate surface area is 88.4 Å². The molecule has 0 aliphatic carbocycles. The lowest BCUT2D eigenvalue weighted by Crippen LogP contribution is -2.03. The highest BCUT2D eigenvalue weighted by Gasteiger charge is 1.98. The van der Waals surface area contributed by atoms with Crippen LogP contribution in [-0.2, 0) is 6.54 Å². The number of pyridine rings is 1. The number of anilines is 1. The van der Waals surface area contributed by atoms with Gasteiger partial charge in [0, 0.05) is 31.3 Å². The summed E-state index contributed by atoms with van der Waals surface area (Å²) in [4.78, 5) is 12.3. The van der Waals surface area contributed by atoms with E-state index in [1.807, 2.05) is 19.1 Å². The minimum atomic E-state index is 0.738. The number of hydrogen-bond donors (Lipinski definition) is 1. The van der Waals surface area contributed by atoms with Crippen LogP contribution in [0.5, 0.6) is 0 Å². The highest BCUT2D eigenvalue weighted by atomic mass is 15.0. The lowest BCUT2D eigenvalue weighted by molar-refractivity contribution is 1.05. The Morgan fingerprint density at radius 2 is 1.80 bits per heavy atom. The SMILES string of the molecule is Cc1nccnc1NCc1ccncc1. The largest absolute Gasteiger partial charge is 0.364 e. The van der Waals surface area contributed by atoms with Gasteiger partial charge in [-0.15, -0.1) is 0 Å². The second kappa shape index (κ2) is 4.50. The van der Waals surface area contributed by atoms with E-state index >= 15 is 0 Å². The molecule has 2 aromatic rings. The molecule has 2 aromatic heterocycles. The van der Waals surface area contributed by atoms with Crippen molar-refractivity contribution in [2.45, 2.75) is 13.5 Å². The molecular weight excluding hydrogens is 188 g/mol. The molecule has 0 aliphatic heterocycles. The molecule has 0 atom stereocenters. The molecule has 0 amide bonds. The van der Waals surface area contributed by atoms with E-state index in [9.17, 15) is 0 Å². The Morgan fingerprint density at radius 3 is 2.53 bits per heavy atom. The van der Waals surface area contributed by atoms with Gasteiger partial charge in [-0.05, 0) is 24.6 Å². The van der Waals surface area contributed by atoms with Crippen LogP contribution >= 0.6 is 0 Å². The number of aryl methyl sites for hydroxylation is 1. The van der Waals surface area contributed by atoms with E-state index in [2.05, 4.69) is 20.3 Å². The monoisotopic (exact) mass is 200 g/mol. The molecule has 0 saturated carbocycles. The topological polar surface area (TPSA) is 50.7 Å². The predicted octanol–water partition coefficient (Wildman–Crippen LogP) is 1.79. The first-order chi connectivity index (χ1) is 7.36. The van der Waals surface area contributed by atoms with Crippen LogP contribution in [0.1, 0.15) is 11.3 Å². The second-order valence-corrected chi connectivity index (χ2v) is 3.20. The molecule has 0 aromatic carbocycles. The molecule has 4 heteroatoms. The van der Waals surface area contributed by atoms with Gasteiger partial charge in [0.25, 0.3) is 0 Å². The van der Waals surface area contributed by atoms with E-state index in [1.165, 1.54) is 5.56 Å². The van der Waals surface area contributed by atoms with Gasteiger partial charge in [-0.25, -0.2) is 4.98 Å². The molecule has 0 bridgehead atoms. The Morgan fingerprint density at radius 1 is 1.07 bits per heavy atom. The van der Waals surface area contributed by atoms with Crippen molar-refractivity contribution in [3.05, 3.63) is 48.2 Å². The summed E-state index contributed by atoms with van der Waals surface area (Å²) in [5.74, 6) is 0.828. The van der Waals surface area contributed by atoms with E-state index in [0.717, 1.165) is 18.1 Å². The van der Waals surface area contributed by atoms with Crippen LogP contribution in [0.3, 0.4) is 0 Å². The molecule has 4 nitrogen and oxygen atoms in total. The summed E-state index contributed by atoms with van der Waals surface area (Å²) in [5.41, 5.74) is 2.08. The van der Waals surface area contributed by atoms with Gasteiger partial charge in [-0.3, -0.25) is 9.97 Å². The molecule has 1 N–H and O–H groups in total. The highest BCUT2D eigenvalue weighted by Crippen LogP contribution is 2.07. The second-order valence-electron chi connectivity index (χ2n) is 3.20. The molecule has 0 spiro atoms. The van der Waals surface area contributed by atoms with Crippen LogP contribution in [0.15, 0.2) is 36.9 Å². The van der Waals surface area contributed by atoms with Gasteiger partial charge in [-0.2, -0.15) is 0 Å². The molecule has 15 heavy (non-hydrogen) atoms. The number of aromatic nitrogens is 3. The van der Waals surface area contributed by atoms with Crippen LogP contribution < -0.4 is 5.32 Å². The lowest BCUT2D eigenvalue weighted by atomic mass is 10.3. The maximum Gasteiger partial charge on any atom is 0.147 e. The molecule has 76 valence electrons. The summed E-state index contributed by atoms with van der Waals surface area (Å²) >= 11 is 0. The van der Waals surface area contributed by atoms with Crippen LogP contribution in [0.4, 0.5) is 5.82 Å². The number of hydrogen-bond acceptors (Lipinski definition) is 4. The van der Waals surface area contributed by atoms with Gasteiger partial charge in [0.15, 0.2) is 0 Å². The Balaban J connectivity index is 2.03. The number of nitrogens with zero attached hydrogens (tertiary/aromatic N) is 3. The minimum absolute atomic E-state index is 0.738. The van der Waals surface area contributed by atoms with Crippen LogP contribution in [0.2, 0.25) is 0 Å². The number of rotatable bonds is 3. The zero-order chi connectivity index (χ0) is 10.5. The van der Waals surface area contributed by atoms with Crippen molar-refractivity contribution in [3.8, 4) is 0 Å². The fraction of sp³-hybridized carbons (Fsp3) is 0.182. The van der Waals surface area contributed by atoms with Crippen molar-refractivity contribution in [2.24, 2.45) is 0 Å². The third-order valence-electron chi connectivity index (χ3n) is 2.09. The van der Waals surface area contributed by atoms with Gasteiger partial charge >= 0.3 is 0 Å². The lowest BCUT2D eigenvalue weighted by Gasteiger charge is -2.06. The zero-order valence-corrected chi connectivity index (χ0v) is 8.51. The Hall–Kier alpha value is -1.97. The maximum absolute atomic E-state index is 4.20. The highest BCUT2D eigenvalue weighted by molar-refractivity contribution is 5.38. The smallest absolute Gasteiger partial charge is 0.147 e. The summed E-state index contributed by atoms with van der Waals surface area (Å²) in [6.07, 6.45) is 6.93. The predicted molar refractivity (Wildman–Crippen MR) is 58.3 cm³/mol. The molecule has 0 fully saturated rings. The first kappa shape index (κ1) is 9.58. The van der Waals surface area contributed by atoms with Crippen molar-refractivity contribution in [1.82, 2.24) is 15.0 Å². The average Bonchev–Trinajstić information content (AvgIpc) is 2.29. The third kappa shape index (κ3) is 2.49. The van der Waals surface area contributed by atoms with Crippen molar-refractivity contribution in [2.75, 3.05) is 5.32 Å². The summed E-state index contributed by atoms with van der Waals surface area (Å²) in [6, 6.07) is 3.94. The third-order valence-corrected chi connectivity index (χ3v) is 2.09. The van der Waals surface area contributed by atoms with E-state index < -0.39 is 0 Å². The van der Waals surface area contributed by atoms with Crippen LogP contribution in [0.25, 0.3) is 0 Å². The van der Waals surface area contributed by atoms with Gasteiger partial charge < -0.3 is 5.32 Å². The Bertz CT molecular complexity index is 428. The maximum atomic E-state index is 4.20. The van der Waals surface area contributed by atoms with Gasteiger partial charge in [0.1, 0.15) is 5.82 Å². The fourth-order valence-corrected chi connectivity index (χ4v) is 1.27. The molecule has 0 radical (unpaired) electrons. The van der Waals surface area contributed by atoms with Gasteiger partial charge in [0.05, 0.1) is 5.69 Å². The first-order valence-corrected chi connectivity index (χ1v) is 4.76. The van der Waals surface area contributed by atoms with Crippen molar-refractivity contribution in [1.29, 1.82) is 0 Å². The summed E-state index contributed by atoms with van der Waals surface area (Å²) < 4.78 is 0. The van der Waals surface area contributed by atoms with Gasteiger partial charge in [0.2, 0.25) is 0 Å². The van der Waals surface area contributed by atoms with E-state index in [1.54, 1.807) is 24.8 Å². The first-order valence-electron chi connectivity index (χ1n) is 4.76. The average molecular weight is 200 g/mol. The van der Waals surface area contributed by atoms with Gasteiger partial charge in [-0.1, -0.05) is 0 Å². The quantitative estimate of drug-likeness (QED) is 0.820. The van der Waals surface area contributed by atoms with Crippen molar-refractivity contribution in [3.63, 3.8) is 0 Å². The molecule has 2 rings (SSSR count). The molecule has 0 saturated heterocycles. The summed E-state index contributed by atoms with van der Waals surface area (Å²) in [6.45, 7) is 2.67. The van der Waals surface area contributed by atoms with Crippen LogP contribution in [-0.4, -0.2) is 15.0 Å². The molecule has 0 aliphatic rings. The summed E-state index contributed by atoms with van der Waals surface area (Å²) in [5, 5.41) is 3.23. The van der Waals surface area contributed by atoms with Crippen molar-refractivity contribution < 1.29 is 0 Å². The zero-order valence-electron chi connectivity index (χ0n) is 8.51.